The van der Waals surface area contributed by atoms with Gasteiger partial charge in [-0.1, -0.05) is 56.4 Å². The molecule has 260 valence electrons. The van der Waals surface area contributed by atoms with Crippen molar-refractivity contribution in [2.24, 2.45) is 40.4 Å². The van der Waals surface area contributed by atoms with Gasteiger partial charge in [0.2, 0.25) is 5.91 Å². The van der Waals surface area contributed by atoms with Crippen molar-refractivity contribution in [3.05, 3.63) is 48.6 Å². The zero-order valence-corrected chi connectivity index (χ0v) is 27.9. The Morgan fingerprint density at radius 3 is 2.40 bits per heavy atom. The smallest absolute Gasteiger partial charge is 0.328 e. The molecule has 0 aromatic carbocycles. The van der Waals surface area contributed by atoms with Crippen LogP contribution in [-0.2, 0) is 43.0 Å². The van der Waals surface area contributed by atoms with E-state index in [0.29, 0.717) is 0 Å². The van der Waals surface area contributed by atoms with Gasteiger partial charge < -0.3 is 30.1 Å². The van der Waals surface area contributed by atoms with Gasteiger partial charge in [-0.3, -0.25) is 24.0 Å². The highest BCUT2D eigenvalue weighted by molar-refractivity contribution is 7.99. The Labute approximate surface area is 281 Å². The van der Waals surface area contributed by atoms with E-state index < -0.39 is 106 Å². The Morgan fingerprint density at radius 1 is 1.08 bits per heavy atom. The average Bonchev–Trinajstić information content (AvgIpc) is 3.25. The number of allylic oxidation sites excluding steroid dienone is 6. The molecule has 4 rings (SSSR count). The molecule has 3 aliphatic carbocycles. The molecule has 4 aliphatic rings. The number of esters is 2. The number of hydrogen-bond donors (Lipinski definition) is 4. The Balaban J connectivity index is 1.72. The highest BCUT2D eigenvalue weighted by Gasteiger charge is 2.74. The average molecular weight is 688 g/mol. The summed E-state index contributed by atoms with van der Waals surface area (Å²) in [5.74, 6) is -9.15. The minimum atomic E-state index is -2.25. The normalized spacial score (nSPS) is 36.6. The number of carbonyl (C=O) groups excluding carboxylic acids is 5. The van der Waals surface area contributed by atoms with Crippen LogP contribution in [0.15, 0.2) is 48.6 Å². The summed E-state index contributed by atoms with van der Waals surface area (Å²) in [5, 5.41) is 31.9. The first-order valence-electron chi connectivity index (χ1n) is 15.7. The van der Waals surface area contributed by atoms with Crippen LogP contribution < -0.4 is 5.32 Å². The summed E-state index contributed by atoms with van der Waals surface area (Å²) in [6.45, 7) is 5.90. The number of carboxylic acid groups (broad SMARTS) is 2. The lowest BCUT2D eigenvalue weighted by Crippen LogP contribution is -2.66. The van der Waals surface area contributed by atoms with Crippen LogP contribution in [0.1, 0.15) is 40.5 Å². The van der Waals surface area contributed by atoms with Gasteiger partial charge in [0.15, 0.2) is 23.1 Å². The quantitative estimate of drug-likeness (QED) is 0.0805. The fraction of sp³-hybridized carbons (Fsp3) is 0.559. The molecule has 0 radical (unpaired) electrons. The van der Waals surface area contributed by atoms with E-state index >= 15 is 4.79 Å². The highest BCUT2D eigenvalue weighted by Crippen LogP contribution is 2.62. The Bertz CT molecular complexity index is 1480. The van der Waals surface area contributed by atoms with Crippen LogP contribution in [0.2, 0.25) is 0 Å². The van der Waals surface area contributed by atoms with Gasteiger partial charge in [-0.05, 0) is 24.7 Å². The molecule has 1 spiro atoms. The van der Waals surface area contributed by atoms with E-state index in [4.69, 9.17) is 14.6 Å². The van der Waals surface area contributed by atoms with Crippen LogP contribution in [0.3, 0.4) is 0 Å². The summed E-state index contributed by atoms with van der Waals surface area (Å²) >= 11 is 0.978. The predicted octanol–water partition coefficient (Wildman–Crippen LogP) is 1.89. The molecule has 11 atom stereocenters. The molecule has 2 saturated carbocycles. The SMILES string of the molecule is CC(=O)N[C@H](CSC[C@@H]1OC(=O)[C@@]2(C1=O)C(=O)[C@@]1(C)[C@@H](C=C[C@H]3[C@H](O)[C@@H](C)[C@H](OC(C)=O)C[C@@H]31)C[C@H]2/C=C/C=C/C=C/C(=O)O)C(=O)O. The number of nitrogens with one attached hydrogen (secondary N) is 1. The molecule has 14 heteroatoms. The van der Waals surface area contributed by atoms with Crippen LogP contribution in [0.5, 0.6) is 0 Å². The predicted molar refractivity (Wildman–Crippen MR) is 171 cm³/mol. The second kappa shape index (κ2) is 14.6. The number of thioether (sulfide) groups is 1. The monoisotopic (exact) mass is 687 g/mol. The zero-order valence-electron chi connectivity index (χ0n) is 27.1. The molecule has 1 saturated heterocycles. The Hall–Kier alpha value is -4.04. The lowest BCUT2D eigenvalue weighted by molar-refractivity contribution is -0.180. The number of rotatable bonds is 11. The van der Waals surface area contributed by atoms with E-state index in [-0.39, 0.29) is 24.3 Å². The summed E-state index contributed by atoms with van der Waals surface area (Å²) in [6.07, 6.45) is 9.35. The summed E-state index contributed by atoms with van der Waals surface area (Å²) in [5.41, 5.74) is -3.58. The Morgan fingerprint density at radius 2 is 1.77 bits per heavy atom. The molecule has 48 heavy (non-hydrogen) atoms. The lowest BCUT2D eigenvalue weighted by atomic mass is 9.43. The van der Waals surface area contributed by atoms with E-state index in [9.17, 15) is 39.0 Å². The molecule has 0 unspecified atom stereocenters. The van der Waals surface area contributed by atoms with E-state index in [2.05, 4.69) is 5.32 Å². The largest absolute Gasteiger partial charge is 0.480 e. The maximum Gasteiger partial charge on any atom is 0.328 e. The molecule has 1 heterocycles. The molecular formula is C34H41NO12S. The zero-order chi connectivity index (χ0) is 35.6. The topological polar surface area (TPSA) is 211 Å². The van der Waals surface area contributed by atoms with Gasteiger partial charge in [-0.25, -0.2) is 9.59 Å². The van der Waals surface area contributed by atoms with Gasteiger partial charge in [0.25, 0.3) is 0 Å². The van der Waals surface area contributed by atoms with Gasteiger partial charge in [0, 0.05) is 54.6 Å². The molecule has 13 nitrogen and oxygen atoms in total. The van der Waals surface area contributed by atoms with Crippen molar-refractivity contribution in [1.82, 2.24) is 5.32 Å². The summed E-state index contributed by atoms with van der Waals surface area (Å²) < 4.78 is 11.2. The van der Waals surface area contributed by atoms with Crippen LogP contribution in [0, 0.1) is 40.4 Å². The van der Waals surface area contributed by atoms with Crippen molar-refractivity contribution in [3.63, 3.8) is 0 Å². The highest BCUT2D eigenvalue weighted by atomic mass is 32.2. The van der Waals surface area contributed by atoms with Gasteiger partial charge in [0.05, 0.1) is 6.10 Å². The first-order valence-corrected chi connectivity index (χ1v) is 16.9. The van der Waals surface area contributed by atoms with E-state index in [1.807, 2.05) is 12.2 Å². The number of carboxylic acids is 2. The third-order valence-electron chi connectivity index (χ3n) is 10.2. The van der Waals surface area contributed by atoms with Gasteiger partial charge in [0.1, 0.15) is 12.1 Å². The van der Waals surface area contributed by atoms with E-state index in [0.717, 1.165) is 17.8 Å². The number of amides is 1. The molecule has 4 N–H and O–H groups in total. The molecule has 1 aliphatic heterocycles. The first-order chi connectivity index (χ1) is 22.6. The molecule has 0 bridgehead atoms. The minimum absolute atomic E-state index is 0.128. The molecule has 0 aromatic heterocycles. The molecule has 0 aromatic rings. The number of fused-ring (bicyclic) bond motifs is 3. The van der Waals surface area contributed by atoms with Crippen LogP contribution in [0.25, 0.3) is 0 Å². The fourth-order valence-electron chi connectivity index (χ4n) is 7.81. The number of aliphatic carboxylic acids is 2. The van der Waals surface area contributed by atoms with Gasteiger partial charge >= 0.3 is 23.9 Å². The minimum Gasteiger partial charge on any atom is -0.480 e. The van der Waals surface area contributed by atoms with Crippen LogP contribution >= 0.6 is 11.8 Å². The number of aliphatic hydroxyl groups is 1. The molecule has 1 amide bonds. The molecular weight excluding hydrogens is 646 g/mol. The van der Waals surface area contributed by atoms with Gasteiger partial charge in [-0.15, -0.1) is 0 Å². The summed E-state index contributed by atoms with van der Waals surface area (Å²) in [6, 6.07) is -1.25. The standard InChI is InChI=1S/C34H41NO12S/c1-17-25(46-19(3)37)14-23-22(28(17)40)12-11-20-13-21(9-7-5-6-8-10-27(38)39)34(31(44)33(20,23)4)29(41)26(47-32(34)45)16-48-15-24(30(42)43)35-18(2)36/h5-12,17,20-26,28,40H,13-16H2,1-4H3,(H,35,36)(H,38,39)(H,42,43)/b6-5+,9-7+,10-8+/t17-,20-,21+,22+,23-,24+,25+,26-,28+,33-,34-/m0/s1. The van der Waals surface area contributed by atoms with Gasteiger partial charge in [-0.2, -0.15) is 11.8 Å². The number of ether oxygens (including phenoxy) is 2. The maximum atomic E-state index is 15.1. The fourth-order valence-corrected chi connectivity index (χ4v) is 8.84. The lowest BCUT2D eigenvalue weighted by Gasteiger charge is -2.58. The Kier molecular flexibility index (Phi) is 11.2. The van der Waals surface area contributed by atoms with Crippen LogP contribution in [-0.4, -0.2) is 92.5 Å². The van der Waals surface area contributed by atoms with E-state index in [1.165, 1.54) is 38.2 Å². The van der Waals surface area contributed by atoms with Crippen LogP contribution in [0.4, 0.5) is 0 Å². The van der Waals surface area contributed by atoms with Crippen molar-refractivity contribution >= 4 is 53.1 Å². The maximum absolute atomic E-state index is 15.1. The van der Waals surface area contributed by atoms with Crippen molar-refractivity contribution in [3.8, 4) is 0 Å². The first kappa shape index (κ1) is 36.8. The number of Topliss-reactive ketones (excluding diaryl/α,β-unsaturated/α-hetero) is 2. The van der Waals surface area contributed by atoms with E-state index in [1.54, 1.807) is 19.9 Å². The van der Waals surface area contributed by atoms with Crippen molar-refractivity contribution in [2.75, 3.05) is 11.5 Å². The van der Waals surface area contributed by atoms with Crippen molar-refractivity contribution in [2.45, 2.75) is 64.9 Å². The summed E-state index contributed by atoms with van der Waals surface area (Å²) in [7, 11) is 0. The second-order valence-corrected chi connectivity index (χ2v) is 14.1. The number of cyclic esters (lactones) is 1. The van der Waals surface area contributed by atoms with Crippen molar-refractivity contribution < 1.29 is 58.4 Å². The number of ketones is 2. The third-order valence-corrected chi connectivity index (χ3v) is 11.3. The van der Waals surface area contributed by atoms with Crippen molar-refractivity contribution in [1.29, 1.82) is 0 Å². The number of hydrogen-bond acceptors (Lipinski definition) is 11. The summed E-state index contributed by atoms with van der Waals surface area (Å²) in [4.78, 5) is 89.2. The second-order valence-electron chi connectivity index (χ2n) is 13.0. The number of aliphatic hydroxyl groups excluding tert-OH is 1. The third kappa shape index (κ3) is 6.77. The number of carbonyl (C=O) groups is 7. The molecule has 3 fully saturated rings.